The molecule has 0 radical (unpaired) electrons. The number of allylic oxidation sites excluding steroid dienone is 1. The Morgan fingerprint density at radius 3 is 2.38 bits per heavy atom. The molecule has 13 heavy (non-hydrogen) atoms. The Hall–Kier alpha value is -0.300. The maximum Gasteiger partial charge on any atom is 0.000886 e. The van der Waals surface area contributed by atoms with Crippen molar-refractivity contribution in [2.75, 3.05) is 6.54 Å². The lowest BCUT2D eigenvalue weighted by molar-refractivity contribution is 0.493. The van der Waals surface area contributed by atoms with Gasteiger partial charge in [0.1, 0.15) is 0 Å². The van der Waals surface area contributed by atoms with E-state index in [4.69, 9.17) is 5.73 Å². The number of hydrogen-bond donors (Lipinski definition) is 1. The molecule has 0 atom stereocenters. The molecule has 0 rings (SSSR count). The first-order valence-corrected chi connectivity index (χ1v) is 5.50. The van der Waals surface area contributed by atoms with Crippen molar-refractivity contribution < 1.29 is 0 Å². The van der Waals surface area contributed by atoms with Crippen LogP contribution in [-0.2, 0) is 0 Å². The Kier molecular flexibility index (Phi) is 6.97. The largest absolute Gasteiger partial charge is 0.330 e. The minimum atomic E-state index is 0.185. The summed E-state index contributed by atoms with van der Waals surface area (Å²) in [6.45, 7) is 7.33. The monoisotopic (exact) mass is 183 g/mol. The van der Waals surface area contributed by atoms with E-state index in [1.54, 1.807) is 0 Å². The first-order valence-electron chi connectivity index (χ1n) is 5.50. The summed E-state index contributed by atoms with van der Waals surface area (Å²) in [5.41, 5.74) is 5.80. The van der Waals surface area contributed by atoms with Crippen molar-refractivity contribution in [1.82, 2.24) is 0 Å². The van der Waals surface area contributed by atoms with Crippen LogP contribution < -0.4 is 5.73 Å². The highest BCUT2D eigenvalue weighted by atomic mass is 14.6. The van der Waals surface area contributed by atoms with Crippen molar-refractivity contribution in [3.63, 3.8) is 0 Å². The maximum atomic E-state index is 5.62. The van der Waals surface area contributed by atoms with Crippen LogP contribution in [0.25, 0.3) is 0 Å². The molecule has 1 heteroatoms. The lowest BCUT2D eigenvalue weighted by Gasteiger charge is -2.16. The fourth-order valence-electron chi connectivity index (χ4n) is 1.16. The summed E-state index contributed by atoms with van der Waals surface area (Å²) in [6.07, 6.45) is 11.1. The van der Waals surface area contributed by atoms with E-state index >= 15 is 0 Å². The minimum absolute atomic E-state index is 0.185. The van der Waals surface area contributed by atoms with E-state index in [9.17, 15) is 0 Å². The third kappa shape index (κ3) is 8.04. The smallest absolute Gasteiger partial charge is 0.000886 e. The standard InChI is InChI=1S/C12H25N/c1-4-5-6-7-8-9-10-12(2,3)11-13/h9-10H,4-8,11,13H2,1-3H3. The van der Waals surface area contributed by atoms with Crippen LogP contribution in [0.4, 0.5) is 0 Å². The predicted octanol–water partition coefficient (Wildman–Crippen LogP) is 3.50. The highest BCUT2D eigenvalue weighted by Crippen LogP contribution is 2.15. The lowest BCUT2D eigenvalue weighted by Crippen LogP contribution is -2.20. The summed E-state index contributed by atoms with van der Waals surface area (Å²) in [5, 5.41) is 0. The van der Waals surface area contributed by atoms with Gasteiger partial charge < -0.3 is 5.73 Å². The van der Waals surface area contributed by atoms with Crippen LogP contribution in [0.2, 0.25) is 0 Å². The number of unbranched alkanes of at least 4 members (excludes halogenated alkanes) is 4. The molecule has 78 valence electrons. The van der Waals surface area contributed by atoms with E-state index in [1.165, 1.54) is 32.1 Å². The molecule has 0 heterocycles. The molecule has 0 unspecified atom stereocenters. The van der Waals surface area contributed by atoms with Crippen molar-refractivity contribution in [1.29, 1.82) is 0 Å². The molecular weight excluding hydrogens is 158 g/mol. The van der Waals surface area contributed by atoms with Gasteiger partial charge in [-0.05, 0) is 18.3 Å². The average Bonchev–Trinajstić information content (AvgIpc) is 2.11. The molecule has 0 amide bonds. The average molecular weight is 183 g/mol. The van der Waals surface area contributed by atoms with Gasteiger partial charge in [0.25, 0.3) is 0 Å². The second-order valence-corrected chi connectivity index (χ2v) is 4.44. The number of nitrogens with two attached hydrogens (primary N) is 1. The molecule has 0 spiro atoms. The van der Waals surface area contributed by atoms with Gasteiger partial charge in [-0.3, -0.25) is 0 Å². The van der Waals surface area contributed by atoms with Crippen molar-refractivity contribution in [3.8, 4) is 0 Å². The molecule has 0 aromatic carbocycles. The van der Waals surface area contributed by atoms with E-state index in [-0.39, 0.29) is 5.41 Å². The summed E-state index contributed by atoms with van der Waals surface area (Å²) in [6, 6.07) is 0. The van der Waals surface area contributed by atoms with Crippen molar-refractivity contribution in [3.05, 3.63) is 12.2 Å². The first-order chi connectivity index (χ1) is 6.12. The topological polar surface area (TPSA) is 26.0 Å². The summed E-state index contributed by atoms with van der Waals surface area (Å²) in [5.74, 6) is 0. The zero-order chi connectivity index (χ0) is 10.2. The highest BCUT2D eigenvalue weighted by molar-refractivity contribution is 4.95. The Labute approximate surface area is 83.4 Å². The van der Waals surface area contributed by atoms with Crippen LogP contribution >= 0.6 is 0 Å². The van der Waals surface area contributed by atoms with Gasteiger partial charge in [0.2, 0.25) is 0 Å². The fourth-order valence-corrected chi connectivity index (χ4v) is 1.16. The second kappa shape index (κ2) is 7.14. The Morgan fingerprint density at radius 1 is 1.15 bits per heavy atom. The van der Waals surface area contributed by atoms with Crippen LogP contribution in [0.1, 0.15) is 52.9 Å². The van der Waals surface area contributed by atoms with E-state index in [0.717, 1.165) is 6.54 Å². The van der Waals surface area contributed by atoms with Crippen molar-refractivity contribution in [2.45, 2.75) is 52.9 Å². The molecule has 2 N–H and O–H groups in total. The molecular formula is C12H25N. The SMILES string of the molecule is CCCCCCC=CC(C)(C)CN. The van der Waals surface area contributed by atoms with Crippen molar-refractivity contribution in [2.24, 2.45) is 11.1 Å². The lowest BCUT2D eigenvalue weighted by atomic mass is 9.93. The first kappa shape index (κ1) is 12.7. The van der Waals surface area contributed by atoms with Crippen LogP contribution in [0.15, 0.2) is 12.2 Å². The Morgan fingerprint density at radius 2 is 1.85 bits per heavy atom. The van der Waals surface area contributed by atoms with E-state index < -0.39 is 0 Å². The Bertz CT molecular complexity index is 136. The van der Waals surface area contributed by atoms with Crippen LogP contribution in [0, 0.1) is 5.41 Å². The minimum Gasteiger partial charge on any atom is -0.330 e. The third-order valence-electron chi connectivity index (χ3n) is 2.32. The predicted molar refractivity (Wildman–Crippen MR) is 60.7 cm³/mol. The second-order valence-electron chi connectivity index (χ2n) is 4.44. The molecule has 0 aliphatic rings. The molecule has 0 fully saturated rings. The third-order valence-corrected chi connectivity index (χ3v) is 2.32. The maximum absolute atomic E-state index is 5.62. The molecule has 1 nitrogen and oxygen atoms in total. The van der Waals surface area contributed by atoms with Crippen LogP contribution in [0.5, 0.6) is 0 Å². The molecule has 0 bridgehead atoms. The zero-order valence-electron chi connectivity index (χ0n) is 9.47. The van der Waals surface area contributed by atoms with E-state index in [0.29, 0.717) is 0 Å². The molecule has 0 aromatic rings. The van der Waals surface area contributed by atoms with E-state index in [2.05, 4.69) is 32.9 Å². The van der Waals surface area contributed by atoms with Gasteiger partial charge in [-0.1, -0.05) is 52.2 Å². The summed E-state index contributed by atoms with van der Waals surface area (Å²) in [7, 11) is 0. The number of rotatable bonds is 7. The number of hydrogen-bond acceptors (Lipinski definition) is 1. The summed E-state index contributed by atoms with van der Waals surface area (Å²) in [4.78, 5) is 0. The molecule has 0 aliphatic heterocycles. The highest BCUT2D eigenvalue weighted by Gasteiger charge is 2.08. The molecule has 0 saturated heterocycles. The molecule has 0 aliphatic carbocycles. The van der Waals surface area contributed by atoms with Gasteiger partial charge in [0.15, 0.2) is 0 Å². The molecule has 0 aromatic heterocycles. The quantitative estimate of drug-likeness (QED) is 0.474. The van der Waals surface area contributed by atoms with E-state index in [1.807, 2.05) is 0 Å². The normalized spacial score (nSPS) is 12.6. The summed E-state index contributed by atoms with van der Waals surface area (Å²) >= 11 is 0. The van der Waals surface area contributed by atoms with Gasteiger partial charge in [0.05, 0.1) is 0 Å². The molecule has 0 saturated carbocycles. The zero-order valence-corrected chi connectivity index (χ0v) is 9.47. The summed E-state index contributed by atoms with van der Waals surface area (Å²) < 4.78 is 0. The van der Waals surface area contributed by atoms with Gasteiger partial charge in [-0.25, -0.2) is 0 Å². The van der Waals surface area contributed by atoms with Gasteiger partial charge in [-0.2, -0.15) is 0 Å². The Balaban J connectivity index is 3.41. The fraction of sp³-hybridized carbons (Fsp3) is 0.833. The van der Waals surface area contributed by atoms with Gasteiger partial charge in [0, 0.05) is 6.54 Å². The van der Waals surface area contributed by atoms with Gasteiger partial charge >= 0.3 is 0 Å². The van der Waals surface area contributed by atoms with Crippen LogP contribution in [-0.4, -0.2) is 6.54 Å². The van der Waals surface area contributed by atoms with Crippen LogP contribution in [0.3, 0.4) is 0 Å². The van der Waals surface area contributed by atoms with Gasteiger partial charge in [-0.15, -0.1) is 0 Å². The van der Waals surface area contributed by atoms with Crippen molar-refractivity contribution >= 4 is 0 Å².